The molecule has 0 aromatic heterocycles. The van der Waals surface area contributed by atoms with Crippen LogP contribution in [0.3, 0.4) is 0 Å². The molecule has 4 nitrogen and oxygen atoms in total. The molecule has 1 saturated carbocycles. The van der Waals surface area contributed by atoms with Crippen LogP contribution in [0.5, 0.6) is 0 Å². The van der Waals surface area contributed by atoms with Crippen molar-refractivity contribution in [2.75, 3.05) is 31.9 Å². The van der Waals surface area contributed by atoms with E-state index in [0.717, 1.165) is 32.6 Å². The lowest BCUT2D eigenvalue weighted by Gasteiger charge is -2.17. The molecular formula is C11H20N2O2S. The molecule has 3 fully saturated rings. The molecule has 92 valence electrons. The van der Waals surface area contributed by atoms with Crippen LogP contribution in [0.2, 0.25) is 0 Å². The summed E-state index contributed by atoms with van der Waals surface area (Å²) in [6.07, 6.45) is 3.36. The monoisotopic (exact) mass is 244 g/mol. The summed E-state index contributed by atoms with van der Waals surface area (Å²) in [5, 5.41) is 3.34. The Hall–Kier alpha value is -0.130. The highest BCUT2D eigenvalue weighted by atomic mass is 32.2. The Morgan fingerprint density at radius 3 is 2.31 bits per heavy atom. The third kappa shape index (κ3) is 2.13. The molecule has 3 aliphatic rings. The standard InChI is InChI=1S/C11H20N2O2S/c14-16(15,4-3-9-1-2-9)13-7-10-5-12-6-11(10)8-13/h9-12H,1-8H2/t10-,11+. The maximum atomic E-state index is 12.1. The van der Waals surface area contributed by atoms with Gasteiger partial charge in [0.05, 0.1) is 5.75 Å². The van der Waals surface area contributed by atoms with Crippen LogP contribution >= 0.6 is 0 Å². The normalized spacial score (nSPS) is 35.5. The van der Waals surface area contributed by atoms with Gasteiger partial charge in [0.2, 0.25) is 10.0 Å². The molecule has 3 rings (SSSR count). The van der Waals surface area contributed by atoms with Gasteiger partial charge in [-0.1, -0.05) is 12.8 Å². The molecule has 2 aliphatic heterocycles. The van der Waals surface area contributed by atoms with E-state index in [4.69, 9.17) is 0 Å². The Bertz CT molecular complexity index is 352. The highest BCUT2D eigenvalue weighted by Crippen LogP contribution is 2.34. The van der Waals surface area contributed by atoms with Crippen LogP contribution in [0, 0.1) is 17.8 Å². The van der Waals surface area contributed by atoms with E-state index in [1.165, 1.54) is 12.8 Å². The van der Waals surface area contributed by atoms with E-state index in [-0.39, 0.29) is 0 Å². The van der Waals surface area contributed by atoms with Crippen molar-refractivity contribution in [2.24, 2.45) is 17.8 Å². The molecule has 1 N–H and O–H groups in total. The van der Waals surface area contributed by atoms with Gasteiger partial charge in [-0.15, -0.1) is 0 Å². The van der Waals surface area contributed by atoms with Gasteiger partial charge in [0.25, 0.3) is 0 Å². The minimum absolute atomic E-state index is 0.379. The maximum absolute atomic E-state index is 12.1. The number of fused-ring (bicyclic) bond motifs is 1. The maximum Gasteiger partial charge on any atom is 0.214 e. The fourth-order valence-corrected chi connectivity index (χ4v) is 4.62. The summed E-state index contributed by atoms with van der Waals surface area (Å²) in [6.45, 7) is 3.51. The zero-order valence-corrected chi connectivity index (χ0v) is 10.4. The smallest absolute Gasteiger partial charge is 0.214 e. The second-order valence-electron chi connectivity index (χ2n) is 5.54. The van der Waals surface area contributed by atoms with E-state index < -0.39 is 10.0 Å². The van der Waals surface area contributed by atoms with Crippen molar-refractivity contribution >= 4 is 10.0 Å². The molecule has 0 aromatic carbocycles. The molecule has 0 aromatic rings. The van der Waals surface area contributed by atoms with Gasteiger partial charge in [-0.2, -0.15) is 0 Å². The van der Waals surface area contributed by atoms with Gasteiger partial charge in [0.1, 0.15) is 0 Å². The first-order valence-electron chi connectivity index (χ1n) is 6.34. The first kappa shape index (κ1) is 11.0. The van der Waals surface area contributed by atoms with E-state index in [2.05, 4.69) is 5.32 Å². The molecule has 5 heteroatoms. The SMILES string of the molecule is O=S(=O)(CCC1CC1)N1C[C@H]2CNC[C@H]2C1. The first-order valence-corrected chi connectivity index (χ1v) is 7.94. The summed E-state index contributed by atoms with van der Waals surface area (Å²) in [7, 11) is -2.95. The molecule has 0 bridgehead atoms. The summed E-state index contributed by atoms with van der Waals surface area (Å²) < 4.78 is 25.9. The molecule has 0 unspecified atom stereocenters. The van der Waals surface area contributed by atoms with E-state index in [0.29, 0.717) is 23.5 Å². The van der Waals surface area contributed by atoms with E-state index >= 15 is 0 Å². The molecular weight excluding hydrogens is 224 g/mol. The van der Waals surface area contributed by atoms with Crippen molar-refractivity contribution in [3.05, 3.63) is 0 Å². The lowest BCUT2D eigenvalue weighted by atomic mass is 10.0. The summed E-state index contributed by atoms with van der Waals surface area (Å²) in [5.41, 5.74) is 0. The van der Waals surface area contributed by atoms with Crippen LogP contribution in [0.4, 0.5) is 0 Å². The third-order valence-corrected chi connectivity index (χ3v) is 6.07. The second-order valence-corrected chi connectivity index (χ2v) is 7.63. The van der Waals surface area contributed by atoms with Crippen molar-refractivity contribution in [1.82, 2.24) is 9.62 Å². The third-order valence-electron chi connectivity index (χ3n) is 4.23. The predicted molar refractivity (Wildman–Crippen MR) is 62.6 cm³/mol. The van der Waals surface area contributed by atoms with E-state index in [9.17, 15) is 8.42 Å². The fraction of sp³-hybridized carbons (Fsp3) is 1.00. The van der Waals surface area contributed by atoms with Crippen LogP contribution in [0.15, 0.2) is 0 Å². The van der Waals surface area contributed by atoms with Crippen LogP contribution in [0.1, 0.15) is 19.3 Å². The summed E-state index contributed by atoms with van der Waals surface area (Å²) in [6, 6.07) is 0. The van der Waals surface area contributed by atoms with Crippen LogP contribution in [-0.4, -0.2) is 44.7 Å². The average Bonchev–Trinajstić information content (AvgIpc) is 2.79. The summed E-state index contributed by atoms with van der Waals surface area (Å²) in [4.78, 5) is 0. The number of nitrogens with one attached hydrogen (secondary N) is 1. The van der Waals surface area contributed by atoms with Crippen molar-refractivity contribution in [1.29, 1.82) is 0 Å². The molecule has 0 radical (unpaired) electrons. The van der Waals surface area contributed by atoms with Gasteiger partial charge in [0.15, 0.2) is 0 Å². The Kier molecular flexibility index (Phi) is 2.72. The molecule has 0 spiro atoms. The van der Waals surface area contributed by atoms with E-state index in [1.54, 1.807) is 4.31 Å². The minimum atomic E-state index is -2.95. The Morgan fingerprint density at radius 2 is 1.75 bits per heavy atom. The fourth-order valence-electron chi connectivity index (χ4n) is 2.89. The topological polar surface area (TPSA) is 49.4 Å². The molecule has 2 saturated heterocycles. The van der Waals surface area contributed by atoms with Crippen molar-refractivity contribution in [3.63, 3.8) is 0 Å². The van der Waals surface area contributed by atoms with Gasteiger partial charge in [-0.25, -0.2) is 12.7 Å². The van der Waals surface area contributed by atoms with Gasteiger partial charge in [0, 0.05) is 13.1 Å². The molecule has 2 heterocycles. The van der Waals surface area contributed by atoms with Gasteiger partial charge < -0.3 is 5.32 Å². The van der Waals surface area contributed by atoms with Crippen molar-refractivity contribution < 1.29 is 8.42 Å². The zero-order valence-electron chi connectivity index (χ0n) is 9.56. The summed E-state index contributed by atoms with van der Waals surface area (Å²) in [5.74, 6) is 2.22. The number of hydrogen-bond donors (Lipinski definition) is 1. The van der Waals surface area contributed by atoms with E-state index in [1.807, 2.05) is 0 Å². The van der Waals surface area contributed by atoms with Crippen molar-refractivity contribution in [2.45, 2.75) is 19.3 Å². The first-order chi connectivity index (χ1) is 7.65. The lowest BCUT2D eigenvalue weighted by Crippen LogP contribution is -2.33. The minimum Gasteiger partial charge on any atom is -0.316 e. The van der Waals surface area contributed by atoms with Gasteiger partial charge in [-0.3, -0.25) is 0 Å². The second kappa shape index (κ2) is 3.96. The number of nitrogens with zero attached hydrogens (tertiary/aromatic N) is 1. The Balaban J connectivity index is 1.59. The van der Waals surface area contributed by atoms with Gasteiger partial charge >= 0.3 is 0 Å². The van der Waals surface area contributed by atoms with Crippen LogP contribution < -0.4 is 5.32 Å². The predicted octanol–water partition coefficient (Wildman–Crippen LogP) is 0.268. The molecule has 1 aliphatic carbocycles. The zero-order chi connectivity index (χ0) is 11.2. The highest BCUT2D eigenvalue weighted by molar-refractivity contribution is 7.89. The average molecular weight is 244 g/mol. The molecule has 0 amide bonds. The lowest BCUT2D eigenvalue weighted by molar-refractivity contribution is 0.446. The summed E-state index contributed by atoms with van der Waals surface area (Å²) >= 11 is 0. The number of rotatable bonds is 4. The number of hydrogen-bond acceptors (Lipinski definition) is 3. The molecule has 2 atom stereocenters. The van der Waals surface area contributed by atoms with Crippen molar-refractivity contribution in [3.8, 4) is 0 Å². The quantitative estimate of drug-likeness (QED) is 0.772. The highest BCUT2D eigenvalue weighted by Gasteiger charge is 2.41. The van der Waals surface area contributed by atoms with Gasteiger partial charge in [-0.05, 0) is 37.3 Å². The van der Waals surface area contributed by atoms with Crippen LogP contribution in [-0.2, 0) is 10.0 Å². The molecule has 16 heavy (non-hydrogen) atoms. The Labute approximate surface area is 97.4 Å². The van der Waals surface area contributed by atoms with Crippen LogP contribution in [0.25, 0.3) is 0 Å². The number of sulfonamides is 1. The Morgan fingerprint density at radius 1 is 1.12 bits per heavy atom. The largest absolute Gasteiger partial charge is 0.316 e.